The van der Waals surface area contributed by atoms with E-state index in [1.807, 2.05) is 0 Å². The van der Waals surface area contributed by atoms with Crippen LogP contribution in [0.5, 0.6) is 0 Å². The van der Waals surface area contributed by atoms with Gasteiger partial charge in [-0.2, -0.15) is 8.42 Å². The third kappa shape index (κ3) is 577. The molecule has 0 aliphatic carbocycles. The maximum absolute atomic E-state index is 10.2. The molecule has 342 valence electrons. The molecule has 0 aromatic rings. The molecule has 0 unspecified atom stereocenters. The molecule has 0 spiro atoms. The molecule has 0 heterocycles. The number of nitrogens with one attached hydrogen (secondary N) is 1. The number of unbranched alkanes of at least 4 members (excludes halogenated alkanes) is 1. The number of ketones is 6. The molecule has 18 nitrogen and oxygen atoms in total. The fourth-order valence-electron chi connectivity index (χ4n) is 1.44. The van der Waals surface area contributed by atoms with Crippen LogP contribution in [-0.4, -0.2) is 120 Å². The van der Waals surface area contributed by atoms with Gasteiger partial charge in [0.25, 0.3) is 10.1 Å². The van der Waals surface area contributed by atoms with Crippen LogP contribution < -0.4 is 40.6 Å². The largest absolute Gasteiger partial charge is 1.00 e. The molecule has 21 heteroatoms. The zero-order chi connectivity index (χ0) is 47.0. The molecule has 0 bridgehead atoms. The Labute approximate surface area is 373 Å². The first kappa shape index (κ1) is 90.8. The average Bonchev–Trinajstić information content (AvgIpc) is 2.97. The Bertz CT molecular complexity index is 891. The summed E-state index contributed by atoms with van der Waals surface area (Å²) in [4.78, 5) is 70.7. The van der Waals surface area contributed by atoms with Crippen molar-refractivity contribution >= 4 is 62.3 Å². The summed E-state index contributed by atoms with van der Waals surface area (Å²) >= 11 is 5.14. The van der Waals surface area contributed by atoms with Gasteiger partial charge in [0, 0.05) is 26.0 Å². The number of halogens is 1. The van der Waals surface area contributed by atoms with Crippen molar-refractivity contribution in [3.05, 3.63) is 16.0 Å². The number of amides is 1. The van der Waals surface area contributed by atoms with Gasteiger partial charge in [0.15, 0.2) is 0 Å². The van der Waals surface area contributed by atoms with Gasteiger partial charge in [-0.3, -0.25) is 14.3 Å². The van der Waals surface area contributed by atoms with Crippen LogP contribution in [0, 0.1) is 0 Å². The zero-order valence-corrected chi connectivity index (χ0v) is 42.3. The molecule has 0 saturated carbocycles. The number of hydrogen-bond acceptors (Lipinski definition) is 12. The zero-order valence-electron chi connectivity index (χ0n) is 38.7. The van der Waals surface area contributed by atoms with Crippen LogP contribution in [0.3, 0.4) is 0 Å². The third-order valence-corrected chi connectivity index (χ3v) is 4.22. The van der Waals surface area contributed by atoms with E-state index in [9.17, 15) is 42.0 Å². The molecule has 0 atom stereocenters. The minimum atomic E-state index is -3.77. The van der Waals surface area contributed by atoms with Gasteiger partial charge in [0.2, 0.25) is 5.91 Å². The van der Waals surface area contributed by atoms with E-state index in [-0.39, 0.29) is 88.0 Å². The van der Waals surface area contributed by atoms with Gasteiger partial charge in [-0.25, -0.2) is 0 Å². The standard InChI is InChI=1S/C6H13NO.C6H15N.C3H7ClO.C3H9NO3S.6C3H6O.N3.Na.H2O/c1-3-4-5-7-6(2)8;1-4-7(5-2)6-3;4-2-1-3-5;4-2-1-3-8(5,6)7;6*1-3(2)4;1-3-2;;/h3-5H2,1-2H3,(H,7,8);4-6H2,1-3H3;5H,1-3H2;1-4H2,(H,5,6,7);6*1-2H3;;;1H2/q;;;;;;;;;;-1;+1;. The Morgan fingerprint density at radius 2 is 0.895 bits per heavy atom. The fourth-order valence-corrected chi connectivity index (χ4v) is 2.09. The first-order chi connectivity index (χ1) is 24.9. The van der Waals surface area contributed by atoms with Gasteiger partial charge < -0.3 is 66.4 Å². The SMILES string of the molecule is CC(C)=O.CC(C)=O.CC(C)=O.CC(C)=O.CC(C)=O.CC(C)=O.CCCCNC(C)=O.CCN(CC)CC.NCCCS(=O)(=O)O.O.OCCCCl.[N-]=[N+]=[N-].[Na+]. The average molecular weight is 882 g/mol. The summed E-state index contributed by atoms with van der Waals surface area (Å²) in [6, 6.07) is 0. The summed E-state index contributed by atoms with van der Waals surface area (Å²) in [5.74, 6) is 1.40. The van der Waals surface area contributed by atoms with Crippen LogP contribution >= 0.6 is 11.6 Å². The molecule has 0 aromatic heterocycles. The Hall–Kier alpha value is -2.16. The number of carbonyl (C=O) groups excluding carboxylic acids is 7. The second-order valence-electron chi connectivity index (χ2n) is 11.2. The molecule has 0 aliphatic rings. The molecular formula is C36H82ClN6NaO12S. The predicted octanol–water partition coefficient (Wildman–Crippen LogP) is 2.72. The quantitative estimate of drug-likeness (QED) is 0.0442. The van der Waals surface area contributed by atoms with Crippen molar-refractivity contribution in [1.29, 1.82) is 0 Å². The van der Waals surface area contributed by atoms with Gasteiger partial charge in [-0.05, 0) is 129 Å². The van der Waals surface area contributed by atoms with E-state index in [0.717, 1.165) is 19.4 Å². The first-order valence-corrected chi connectivity index (χ1v) is 19.6. The van der Waals surface area contributed by atoms with Crippen molar-refractivity contribution in [2.24, 2.45) is 5.73 Å². The number of Topliss-reactive ketones (excluding diaryl/α,β-unsaturated/α-hetero) is 6. The second-order valence-corrected chi connectivity index (χ2v) is 13.1. The first-order valence-electron chi connectivity index (χ1n) is 17.5. The summed E-state index contributed by atoms with van der Waals surface area (Å²) in [5, 5.41) is 10.7. The van der Waals surface area contributed by atoms with Gasteiger partial charge in [0.1, 0.15) is 34.7 Å². The maximum atomic E-state index is 10.2. The molecule has 0 saturated heterocycles. The molecule has 0 rings (SSSR count). The predicted molar refractivity (Wildman–Crippen MR) is 231 cm³/mol. The monoisotopic (exact) mass is 881 g/mol. The minimum absolute atomic E-state index is 0. The van der Waals surface area contributed by atoms with E-state index in [2.05, 4.69) is 37.9 Å². The van der Waals surface area contributed by atoms with E-state index in [1.165, 1.54) is 115 Å². The Balaban J connectivity index is -0.0000000344. The minimum Gasteiger partial charge on any atom is -0.412 e. The van der Waals surface area contributed by atoms with Crippen molar-refractivity contribution < 1.29 is 86.7 Å². The molecule has 0 aliphatic heterocycles. The topological polar surface area (TPSA) is 326 Å². The molecular weight excluding hydrogens is 799 g/mol. The molecule has 0 fully saturated rings. The van der Waals surface area contributed by atoms with Crippen LogP contribution in [0.2, 0.25) is 0 Å². The number of nitrogens with two attached hydrogens (primary N) is 1. The van der Waals surface area contributed by atoms with Crippen molar-refractivity contribution in [1.82, 2.24) is 10.2 Å². The van der Waals surface area contributed by atoms with Crippen LogP contribution in [0.25, 0.3) is 16.0 Å². The summed E-state index contributed by atoms with van der Waals surface area (Å²) in [6.07, 6.45) is 3.25. The summed E-state index contributed by atoms with van der Waals surface area (Å²) < 4.78 is 27.8. The maximum Gasteiger partial charge on any atom is 1.00 e. The number of alkyl halides is 1. The van der Waals surface area contributed by atoms with Gasteiger partial charge in [0.05, 0.1) is 5.75 Å². The number of carbonyl (C=O) groups is 7. The van der Waals surface area contributed by atoms with Crippen LogP contribution in [-0.2, 0) is 43.7 Å². The molecule has 7 N–H and O–H groups in total. The summed E-state index contributed by atoms with van der Waals surface area (Å²) in [7, 11) is -3.77. The van der Waals surface area contributed by atoms with E-state index in [0.29, 0.717) is 25.3 Å². The molecule has 57 heavy (non-hydrogen) atoms. The Morgan fingerprint density at radius 3 is 0.965 bits per heavy atom. The molecule has 0 radical (unpaired) electrons. The van der Waals surface area contributed by atoms with E-state index < -0.39 is 10.1 Å². The van der Waals surface area contributed by atoms with E-state index >= 15 is 0 Å². The van der Waals surface area contributed by atoms with Crippen molar-refractivity contribution in [2.75, 3.05) is 51.0 Å². The second kappa shape index (κ2) is 85.9. The normalized spacial score (nSPS) is 7.75. The van der Waals surface area contributed by atoms with Gasteiger partial charge in [-0.1, -0.05) is 34.1 Å². The summed E-state index contributed by atoms with van der Waals surface area (Å²) in [5.41, 5.74) is 18.5. The molecule has 1 amide bonds. The number of hydrogen-bond donors (Lipinski definition) is 4. The Morgan fingerprint density at radius 1 is 0.649 bits per heavy atom. The summed E-state index contributed by atoms with van der Waals surface area (Å²) in [6.45, 7) is 33.4. The van der Waals surface area contributed by atoms with Crippen molar-refractivity contribution in [3.8, 4) is 0 Å². The van der Waals surface area contributed by atoms with Gasteiger partial charge in [-0.15, -0.1) is 11.6 Å². The van der Waals surface area contributed by atoms with Gasteiger partial charge >= 0.3 is 29.6 Å². The molecule has 0 aromatic carbocycles. The van der Waals surface area contributed by atoms with Crippen molar-refractivity contribution in [2.45, 2.75) is 143 Å². The van der Waals surface area contributed by atoms with Crippen molar-refractivity contribution in [3.63, 3.8) is 0 Å². The van der Waals surface area contributed by atoms with Crippen LogP contribution in [0.15, 0.2) is 0 Å². The third-order valence-electron chi connectivity index (χ3n) is 3.14. The number of nitrogens with zero attached hydrogens (tertiary/aromatic N) is 4. The fraction of sp³-hybridized carbons (Fsp3) is 0.806. The number of aliphatic hydroxyl groups is 1. The van der Waals surface area contributed by atoms with E-state index in [1.54, 1.807) is 0 Å². The van der Waals surface area contributed by atoms with Crippen LogP contribution in [0.4, 0.5) is 0 Å². The number of aliphatic hydroxyl groups excluding tert-OH is 1. The number of rotatable bonds is 11. The van der Waals surface area contributed by atoms with Crippen LogP contribution in [0.1, 0.15) is 143 Å². The Kier molecular flexibility index (Phi) is 137. The smallest absolute Gasteiger partial charge is 0.412 e. The van der Waals surface area contributed by atoms with E-state index in [4.69, 9.17) is 38.1 Å².